The molecule has 3 saturated carbocycles. The molecule has 2 heteroatoms. The van der Waals surface area contributed by atoms with Crippen LogP contribution in [0.3, 0.4) is 0 Å². The second-order valence-corrected chi connectivity index (χ2v) is 8.20. The van der Waals surface area contributed by atoms with Crippen LogP contribution in [0.25, 0.3) is 0 Å². The van der Waals surface area contributed by atoms with Crippen LogP contribution >= 0.6 is 0 Å². The lowest BCUT2D eigenvalue weighted by atomic mass is 9.61. The van der Waals surface area contributed by atoms with E-state index in [1.165, 1.54) is 19.3 Å². The minimum atomic E-state index is -0.144. The summed E-state index contributed by atoms with van der Waals surface area (Å²) in [6.45, 7) is 7.49. The van der Waals surface area contributed by atoms with Crippen LogP contribution in [0, 0.1) is 28.6 Å². The van der Waals surface area contributed by atoms with Crippen LogP contribution in [0.1, 0.15) is 59.3 Å². The average Bonchev–Trinajstić information content (AvgIpc) is 2.70. The van der Waals surface area contributed by atoms with Crippen LogP contribution < -0.4 is 0 Å². The van der Waals surface area contributed by atoms with Gasteiger partial charge in [-0.1, -0.05) is 20.8 Å². The molecule has 0 radical (unpaired) electrons. The third-order valence-electron chi connectivity index (χ3n) is 7.44. The van der Waals surface area contributed by atoms with Crippen LogP contribution in [0.5, 0.6) is 0 Å². The first kappa shape index (κ1) is 13.9. The van der Waals surface area contributed by atoms with Crippen molar-refractivity contribution in [2.75, 3.05) is 7.11 Å². The molecule has 19 heavy (non-hydrogen) atoms. The Balaban J connectivity index is 1.80. The van der Waals surface area contributed by atoms with Gasteiger partial charge in [-0.2, -0.15) is 0 Å². The second kappa shape index (κ2) is 4.46. The summed E-state index contributed by atoms with van der Waals surface area (Å²) in [5.41, 5.74) is 0.973. The van der Waals surface area contributed by atoms with Crippen molar-refractivity contribution in [2.45, 2.75) is 71.5 Å². The smallest absolute Gasteiger partial charge is 0.0598 e. The predicted molar refractivity (Wildman–Crippen MR) is 76.9 cm³/mol. The number of fused-ring (bicyclic) bond motifs is 2. The first-order valence-electron chi connectivity index (χ1n) is 8.09. The van der Waals surface area contributed by atoms with Gasteiger partial charge in [0, 0.05) is 7.11 Å². The van der Waals surface area contributed by atoms with Gasteiger partial charge in [-0.05, 0) is 67.1 Å². The highest BCUT2D eigenvalue weighted by Gasteiger charge is 2.62. The molecule has 0 aromatic rings. The van der Waals surface area contributed by atoms with Crippen molar-refractivity contribution in [1.29, 1.82) is 0 Å². The van der Waals surface area contributed by atoms with Crippen LogP contribution in [-0.2, 0) is 4.74 Å². The third kappa shape index (κ3) is 1.90. The van der Waals surface area contributed by atoms with E-state index in [2.05, 4.69) is 20.8 Å². The molecule has 0 spiro atoms. The maximum absolute atomic E-state index is 10.1. The summed E-state index contributed by atoms with van der Waals surface area (Å²) in [6, 6.07) is 0. The Morgan fingerprint density at radius 2 is 1.79 bits per heavy atom. The first-order valence-corrected chi connectivity index (χ1v) is 8.09. The van der Waals surface area contributed by atoms with E-state index < -0.39 is 0 Å². The maximum Gasteiger partial charge on any atom is 0.0598 e. The van der Waals surface area contributed by atoms with Crippen molar-refractivity contribution in [3.63, 3.8) is 0 Å². The number of hydrogen-bond acceptors (Lipinski definition) is 2. The van der Waals surface area contributed by atoms with Crippen molar-refractivity contribution in [2.24, 2.45) is 28.6 Å². The summed E-state index contributed by atoms with van der Waals surface area (Å²) >= 11 is 0. The summed E-state index contributed by atoms with van der Waals surface area (Å²) in [4.78, 5) is 0. The van der Waals surface area contributed by atoms with Gasteiger partial charge in [0.25, 0.3) is 0 Å². The van der Waals surface area contributed by atoms with Gasteiger partial charge >= 0.3 is 0 Å². The quantitative estimate of drug-likeness (QED) is 0.827. The maximum atomic E-state index is 10.1. The molecule has 3 aliphatic rings. The predicted octanol–water partition coefficient (Wildman–Crippen LogP) is 3.62. The molecule has 0 aliphatic heterocycles. The van der Waals surface area contributed by atoms with Gasteiger partial charge in [0.15, 0.2) is 0 Å². The summed E-state index contributed by atoms with van der Waals surface area (Å²) < 4.78 is 5.56. The molecule has 2 bridgehead atoms. The lowest BCUT2D eigenvalue weighted by Crippen LogP contribution is -2.41. The zero-order valence-corrected chi connectivity index (χ0v) is 13.0. The minimum Gasteiger partial charge on any atom is -0.393 e. The van der Waals surface area contributed by atoms with E-state index in [1.807, 2.05) is 0 Å². The molecular weight excluding hydrogens is 236 g/mol. The van der Waals surface area contributed by atoms with E-state index in [0.29, 0.717) is 16.7 Å². The van der Waals surface area contributed by atoms with E-state index in [4.69, 9.17) is 4.74 Å². The molecule has 110 valence electrons. The number of aliphatic hydroxyl groups excluding tert-OH is 1. The molecule has 0 amide bonds. The molecule has 2 nitrogen and oxygen atoms in total. The Morgan fingerprint density at radius 1 is 1.05 bits per heavy atom. The second-order valence-electron chi connectivity index (χ2n) is 8.20. The van der Waals surface area contributed by atoms with Crippen LogP contribution in [0.2, 0.25) is 0 Å². The van der Waals surface area contributed by atoms with Crippen LogP contribution in [-0.4, -0.2) is 24.4 Å². The zero-order chi connectivity index (χ0) is 13.8. The molecule has 6 atom stereocenters. The highest BCUT2D eigenvalue weighted by molar-refractivity contribution is 5.11. The molecule has 1 N–H and O–H groups in total. The summed E-state index contributed by atoms with van der Waals surface area (Å²) in [5.74, 6) is 2.37. The van der Waals surface area contributed by atoms with E-state index >= 15 is 0 Å². The average molecular weight is 266 g/mol. The Kier molecular flexibility index (Phi) is 3.26. The van der Waals surface area contributed by atoms with Gasteiger partial charge in [-0.3, -0.25) is 0 Å². The van der Waals surface area contributed by atoms with Crippen molar-refractivity contribution in [1.82, 2.24) is 0 Å². The lowest BCUT2D eigenvalue weighted by Gasteiger charge is -2.45. The highest BCUT2D eigenvalue weighted by Crippen LogP contribution is 2.70. The first-order chi connectivity index (χ1) is 8.88. The minimum absolute atomic E-state index is 0.144. The molecule has 3 fully saturated rings. The number of rotatable bonds is 2. The summed E-state index contributed by atoms with van der Waals surface area (Å²) in [5, 5.41) is 10.1. The Hall–Kier alpha value is -0.0800. The monoisotopic (exact) mass is 266 g/mol. The van der Waals surface area contributed by atoms with Gasteiger partial charge in [0.05, 0.1) is 12.2 Å². The standard InChI is InChI=1S/C17H30O2/c1-16(2)12-5-6-17(16,3)15(9-12)11-7-13(18)10-14(8-11)19-4/h11-15,18H,5-10H2,1-4H3/t11?,12-,13?,14?,15+,17+/m0/s1. The van der Waals surface area contributed by atoms with Crippen molar-refractivity contribution < 1.29 is 9.84 Å². The van der Waals surface area contributed by atoms with Gasteiger partial charge in [-0.25, -0.2) is 0 Å². The largest absolute Gasteiger partial charge is 0.393 e. The fourth-order valence-corrected chi connectivity index (χ4v) is 5.78. The molecule has 0 saturated heterocycles. The molecular formula is C17H30O2. The number of hydrogen-bond donors (Lipinski definition) is 1. The van der Waals surface area contributed by atoms with Crippen LogP contribution in [0.15, 0.2) is 0 Å². The fourth-order valence-electron chi connectivity index (χ4n) is 5.78. The molecule has 3 aliphatic carbocycles. The van der Waals surface area contributed by atoms with E-state index in [1.54, 1.807) is 7.11 Å². The van der Waals surface area contributed by atoms with Crippen molar-refractivity contribution in [3.8, 4) is 0 Å². The fraction of sp³-hybridized carbons (Fsp3) is 1.00. The molecule has 0 aromatic carbocycles. The Bertz CT molecular complexity index is 351. The zero-order valence-electron chi connectivity index (χ0n) is 13.0. The molecule has 0 aromatic heterocycles. The van der Waals surface area contributed by atoms with Gasteiger partial charge in [0.2, 0.25) is 0 Å². The van der Waals surface area contributed by atoms with Crippen molar-refractivity contribution >= 4 is 0 Å². The summed E-state index contributed by atoms with van der Waals surface area (Å²) in [7, 11) is 1.80. The highest BCUT2D eigenvalue weighted by atomic mass is 16.5. The van der Waals surface area contributed by atoms with Gasteiger partial charge in [-0.15, -0.1) is 0 Å². The Morgan fingerprint density at radius 3 is 2.32 bits per heavy atom. The molecule has 3 unspecified atom stereocenters. The van der Waals surface area contributed by atoms with Gasteiger partial charge < -0.3 is 9.84 Å². The van der Waals surface area contributed by atoms with E-state index in [9.17, 15) is 5.11 Å². The number of ether oxygens (including phenoxy) is 1. The third-order valence-corrected chi connectivity index (χ3v) is 7.44. The normalized spacial score (nSPS) is 52.6. The SMILES string of the molecule is COC1CC(O)CC([C@H]2C[C@@H]3CC[C@@]2(C)C3(C)C)C1. The van der Waals surface area contributed by atoms with E-state index in [-0.39, 0.29) is 12.2 Å². The molecule has 3 rings (SSSR count). The number of aliphatic hydroxyl groups is 1. The lowest BCUT2D eigenvalue weighted by molar-refractivity contribution is -0.0465. The van der Waals surface area contributed by atoms with Crippen molar-refractivity contribution in [3.05, 3.63) is 0 Å². The van der Waals surface area contributed by atoms with Crippen LogP contribution in [0.4, 0.5) is 0 Å². The Labute approximate surface area is 117 Å². The van der Waals surface area contributed by atoms with Gasteiger partial charge in [0.1, 0.15) is 0 Å². The summed E-state index contributed by atoms with van der Waals surface area (Å²) in [6.07, 6.45) is 7.33. The van der Waals surface area contributed by atoms with E-state index in [0.717, 1.165) is 31.1 Å². The topological polar surface area (TPSA) is 29.5 Å². The number of methoxy groups -OCH3 is 1. The molecule has 0 heterocycles.